The van der Waals surface area contributed by atoms with Gasteiger partial charge in [-0.15, -0.1) is 0 Å². The molecule has 0 N–H and O–H groups in total. The first-order valence-electron chi connectivity index (χ1n) is 10.2. The largest absolute Gasteiger partial charge is 0.493 e. The van der Waals surface area contributed by atoms with Crippen molar-refractivity contribution >= 4 is 10.8 Å². The van der Waals surface area contributed by atoms with Crippen LogP contribution in [0.2, 0.25) is 0 Å². The standard InChI is InChI=1S/C25H30O3/c1-4-19(2)21-13-15-23(16-14-21)28-20(3)26-17-8-18-27-25-12-7-10-22-9-5-6-11-24(22)25/h5-7,9-16,19-20H,4,8,17-18H2,1-3H3. The Hall–Kier alpha value is -2.52. The molecule has 0 radical (unpaired) electrons. The van der Waals surface area contributed by atoms with Crippen LogP contribution in [-0.2, 0) is 4.74 Å². The Balaban J connectivity index is 1.39. The number of fused-ring (bicyclic) bond motifs is 1. The van der Waals surface area contributed by atoms with Crippen LogP contribution >= 0.6 is 0 Å². The van der Waals surface area contributed by atoms with Crippen LogP contribution in [0.3, 0.4) is 0 Å². The summed E-state index contributed by atoms with van der Waals surface area (Å²) in [5.41, 5.74) is 1.34. The molecule has 28 heavy (non-hydrogen) atoms. The van der Waals surface area contributed by atoms with E-state index in [-0.39, 0.29) is 6.29 Å². The molecule has 2 atom stereocenters. The first-order chi connectivity index (χ1) is 13.7. The first kappa shape index (κ1) is 20.2. The number of hydrogen-bond donors (Lipinski definition) is 0. The van der Waals surface area contributed by atoms with Crippen LogP contribution in [0.1, 0.15) is 45.1 Å². The highest BCUT2D eigenvalue weighted by molar-refractivity contribution is 5.88. The summed E-state index contributed by atoms with van der Waals surface area (Å²) in [6.07, 6.45) is 1.66. The lowest BCUT2D eigenvalue weighted by Crippen LogP contribution is -2.18. The van der Waals surface area contributed by atoms with Crippen LogP contribution < -0.4 is 9.47 Å². The average Bonchev–Trinajstić information content (AvgIpc) is 2.73. The van der Waals surface area contributed by atoms with Gasteiger partial charge in [0.05, 0.1) is 13.2 Å². The molecule has 0 bridgehead atoms. The molecule has 0 aliphatic rings. The summed E-state index contributed by atoms with van der Waals surface area (Å²) in [7, 11) is 0. The predicted octanol–water partition coefficient (Wildman–Crippen LogP) is 6.56. The molecular formula is C25H30O3. The summed E-state index contributed by atoms with van der Waals surface area (Å²) in [6.45, 7) is 7.58. The molecule has 3 aromatic rings. The molecule has 2 unspecified atom stereocenters. The minimum Gasteiger partial charge on any atom is -0.493 e. The molecule has 0 fully saturated rings. The summed E-state index contributed by atoms with van der Waals surface area (Å²) < 4.78 is 17.6. The van der Waals surface area contributed by atoms with Crippen LogP contribution in [0.5, 0.6) is 11.5 Å². The Labute approximate surface area is 168 Å². The minimum absolute atomic E-state index is 0.285. The van der Waals surface area contributed by atoms with E-state index in [4.69, 9.17) is 14.2 Å². The second kappa shape index (κ2) is 10.1. The second-order valence-electron chi connectivity index (χ2n) is 7.11. The van der Waals surface area contributed by atoms with E-state index < -0.39 is 0 Å². The fourth-order valence-corrected chi connectivity index (χ4v) is 3.15. The highest BCUT2D eigenvalue weighted by Crippen LogP contribution is 2.25. The summed E-state index contributed by atoms with van der Waals surface area (Å²) in [5.74, 6) is 2.33. The van der Waals surface area contributed by atoms with Crippen LogP contribution in [0.15, 0.2) is 66.7 Å². The molecular weight excluding hydrogens is 348 g/mol. The van der Waals surface area contributed by atoms with Gasteiger partial charge in [0.25, 0.3) is 0 Å². The number of rotatable bonds is 10. The fraction of sp³-hybridized carbons (Fsp3) is 0.360. The van der Waals surface area contributed by atoms with E-state index in [9.17, 15) is 0 Å². The first-order valence-corrected chi connectivity index (χ1v) is 10.2. The average molecular weight is 379 g/mol. The molecule has 3 nitrogen and oxygen atoms in total. The maximum atomic E-state index is 5.94. The summed E-state index contributed by atoms with van der Waals surface area (Å²) in [4.78, 5) is 0. The lowest BCUT2D eigenvalue weighted by atomic mass is 9.99. The zero-order valence-electron chi connectivity index (χ0n) is 17.1. The van der Waals surface area contributed by atoms with Gasteiger partial charge >= 0.3 is 0 Å². The maximum Gasteiger partial charge on any atom is 0.196 e. The van der Waals surface area contributed by atoms with Crippen LogP contribution in [0.4, 0.5) is 0 Å². The van der Waals surface area contributed by atoms with E-state index in [0.29, 0.717) is 19.1 Å². The van der Waals surface area contributed by atoms with Gasteiger partial charge in [0.1, 0.15) is 11.5 Å². The maximum absolute atomic E-state index is 5.94. The highest BCUT2D eigenvalue weighted by atomic mass is 16.7. The van der Waals surface area contributed by atoms with E-state index in [1.807, 2.05) is 43.3 Å². The Bertz CT molecular complexity index is 852. The van der Waals surface area contributed by atoms with E-state index in [2.05, 4.69) is 44.2 Å². The third kappa shape index (κ3) is 5.49. The van der Waals surface area contributed by atoms with Crippen molar-refractivity contribution in [2.45, 2.75) is 45.8 Å². The Morgan fingerprint density at radius 1 is 0.821 bits per heavy atom. The van der Waals surface area contributed by atoms with E-state index in [1.165, 1.54) is 10.9 Å². The Morgan fingerprint density at radius 2 is 1.57 bits per heavy atom. The molecule has 0 saturated heterocycles. The third-order valence-electron chi connectivity index (χ3n) is 5.01. The molecule has 3 aromatic carbocycles. The van der Waals surface area contributed by atoms with Gasteiger partial charge in [-0.25, -0.2) is 0 Å². The monoisotopic (exact) mass is 378 g/mol. The minimum atomic E-state index is -0.285. The Kier molecular flexibility index (Phi) is 7.32. The van der Waals surface area contributed by atoms with Gasteiger partial charge in [-0.1, -0.05) is 62.4 Å². The lowest BCUT2D eigenvalue weighted by Gasteiger charge is -2.16. The molecule has 0 amide bonds. The Morgan fingerprint density at radius 3 is 2.36 bits per heavy atom. The van der Waals surface area contributed by atoms with Crippen molar-refractivity contribution < 1.29 is 14.2 Å². The van der Waals surface area contributed by atoms with E-state index >= 15 is 0 Å². The SMILES string of the molecule is CCC(C)c1ccc(OC(C)OCCCOc2cccc3ccccc23)cc1. The van der Waals surface area contributed by atoms with Crippen LogP contribution in [0.25, 0.3) is 10.8 Å². The predicted molar refractivity (Wildman–Crippen MR) is 115 cm³/mol. The fourth-order valence-electron chi connectivity index (χ4n) is 3.15. The molecule has 3 rings (SSSR count). The van der Waals surface area contributed by atoms with Gasteiger partial charge in [0, 0.05) is 11.8 Å². The van der Waals surface area contributed by atoms with Gasteiger partial charge in [0.2, 0.25) is 0 Å². The van der Waals surface area contributed by atoms with Crippen molar-refractivity contribution in [2.75, 3.05) is 13.2 Å². The smallest absolute Gasteiger partial charge is 0.196 e. The second-order valence-corrected chi connectivity index (χ2v) is 7.11. The molecule has 148 valence electrons. The van der Waals surface area contributed by atoms with Crippen molar-refractivity contribution in [2.24, 2.45) is 0 Å². The van der Waals surface area contributed by atoms with Gasteiger partial charge in [-0.3, -0.25) is 0 Å². The highest BCUT2D eigenvalue weighted by Gasteiger charge is 2.07. The van der Waals surface area contributed by atoms with Crippen molar-refractivity contribution in [3.8, 4) is 11.5 Å². The van der Waals surface area contributed by atoms with Crippen LogP contribution in [0, 0.1) is 0 Å². The van der Waals surface area contributed by atoms with Gasteiger partial charge < -0.3 is 14.2 Å². The van der Waals surface area contributed by atoms with Gasteiger partial charge in [-0.05, 0) is 48.4 Å². The van der Waals surface area contributed by atoms with Gasteiger partial charge in [-0.2, -0.15) is 0 Å². The summed E-state index contributed by atoms with van der Waals surface area (Å²) in [6, 6.07) is 22.7. The van der Waals surface area contributed by atoms with Crippen molar-refractivity contribution in [1.82, 2.24) is 0 Å². The van der Waals surface area contributed by atoms with Crippen molar-refractivity contribution in [3.05, 3.63) is 72.3 Å². The molecule has 3 heteroatoms. The lowest BCUT2D eigenvalue weighted by molar-refractivity contribution is -0.0690. The quantitative estimate of drug-likeness (QED) is 0.295. The third-order valence-corrected chi connectivity index (χ3v) is 5.01. The van der Waals surface area contributed by atoms with Crippen molar-refractivity contribution in [3.63, 3.8) is 0 Å². The topological polar surface area (TPSA) is 27.7 Å². The number of hydrogen-bond acceptors (Lipinski definition) is 3. The van der Waals surface area contributed by atoms with Crippen LogP contribution in [-0.4, -0.2) is 19.5 Å². The number of ether oxygens (including phenoxy) is 3. The van der Waals surface area contributed by atoms with E-state index in [0.717, 1.165) is 29.7 Å². The molecule has 0 spiro atoms. The summed E-state index contributed by atoms with van der Waals surface area (Å²) >= 11 is 0. The molecule has 0 aromatic heterocycles. The molecule has 0 aliphatic heterocycles. The zero-order chi connectivity index (χ0) is 19.8. The molecule has 0 heterocycles. The van der Waals surface area contributed by atoms with E-state index in [1.54, 1.807) is 0 Å². The number of benzene rings is 3. The summed E-state index contributed by atoms with van der Waals surface area (Å²) in [5, 5.41) is 2.33. The normalized spacial score (nSPS) is 13.2. The van der Waals surface area contributed by atoms with Crippen molar-refractivity contribution in [1.29, 1.82) is 0 Å². The zero-order valence-corrected chi connectivity index (χ0v) is 17.1. The van der Waals surface area contributed by atoms with Gasteiger partial charge in [0.15, 0.2) is 6.29 Å². The molecule has 0 aliphatic carbocycles. The molecule has 0 saturated carbocycles.